The summed E-state index contributed by atoms with van der Waals surface area (Å²) in [5.74, 6) is 2.84. The Balaban J connectivity index is 2.08. The summed E-state index contributed by atoms with van der Waals surface area (Å²) in [5, 5.41) is 30.2. The molecule has 2 aromatic rings. The summed E-state index contributed by atoms with van der Waals surface area (Å²) in [5.41, 5.74) is 1.63. The average Bonchev–Trinajstić information content (AvgIpc) is 2.75. The molecule has 0 fully saturated rings. The highest BCUT2D eigenvalue weighted by atomic mass is 79.9. The van der Waals surface area contributed by atoms with Gasteiger partial charge in [-0.15, -0.1) is 0 Å². The highest BCUT2D eigenvalue weighted by Crippen LogP contribution is 2.41. The van der Waals surface area contributed by atoms with E-state index in [0.29, 0.717) is 21.3 Å². The number of amides is 2. The van der Waals surface area contributed by atoms with E-state index in [-0.39, 0.29) is 35.3 Å². The van der Waals surface area contributed by atoms with E-state index in [1.54, 1.807) is 24.3 Å². The molecule has 2 aromatic carbocycles. The molecule has 7 N–H and O–H groups in total. The van der Waals surface area contributed by atoms with Crippen molar-refractivity contribution in [3.63, 3.8) is 0 Å². The van der Waals surface area contributed by atoms with Crippen LogP contribution in [-0.4, -0.2) is 40.9 Å². The molecule has 0 saturated heterocycles. The Hall–Kier alpha value is -3.12. The third-order valence-corrected chi connectivity index (χ3v) is 5.36. The van der Waals surface area contributed by atoms with Crippen molar-refractivity contribution in [2.45, 2.75) is 12.8 Å². The van der Waals surface area contributed by atoms with Crippen LogP contribution in [-0.2, 0) is 16.0 Å². The second-order valence-electron chi connectivity index (χ2n) is 6.18. The van der Waals surface area contributed by atoms with Gasteiger partial charge in [0.25, 0.3) is 5.91 Å². The predicted molar refractivity (Wildman–Crippen MR) is 123 cm³/mol. The molecule has 0 unspecified atom stereocenters. The number of benzene rings is 2. The number of phenols is 1. The minimum absolute atomic E-state index is 0.126. The number of carboxylic acids is 1. The van der Waals surface area contributed by atoms with Gasteiger partial charge >= 0.3 is 5.97 Å². The predicted octanol–water partition coefficient (Wildman–Crippen LogP) is 2.62. The number of phenolic OH excluding ortho intramolecular Hbond substituents is 1. The van der Waals surface area contributed by atoms with Gasteiger partial charge in [-0.05, 0) is 68.1 Å². The molecule has 0 aliphatic heterocycles. The SMILES string of the molecule is NN=CNc1cccc(C(=O)NCC(=O)Nc2c(CCC(=O)O)cc(Br)c(O)c2Br)c1. The minimum Gasteiger partial charge on any atom is -0.505 e. The Bertz CT molecular complexity index is 1030. The number of aryl methyl sites for hydroxylation is 1. The van der Waals surface area contributed by atoms with Crippen molar-refractivity contribution in [2.24, 2.45) is 10.9 Å². The molecule has 2 amide bonds. The zero-order valence-corrected chi connectivity index (χ0v) is 19.2. The molecule has 31 heavy (non-hydrogen) atoms. The van der Waals surface area contributed by atoms with Crippen molar-refractivity contribution in [1.82, 2.24) is 5.32 Å². The number of hydrazone groups is 1. The molecule has 0 spiro atoms. The van der Waals surface area contributed by atoms with E-state index < -0.39 is 17.8 Å². The highest BCUT2D eigenvalue weighted by Gasteiger charge is 2.18. The third-order valence-electron chi connectivity index (χ3n) is 3.99. The third kappa shape index (κ3) is 6.96. The number of aromatic hydroxyl groups is 1. The summed E-state index contributed by atoms with van der Waals surface area (Å²) in [6.45, 7) is -0.345. The van der Waals surface area contributed by atoms with Crippen LogP contribution in [0.2, 0.25) is 0 Å². The number of halogens is 2. The van der Waals surface area contributed by atoms with E-state index >= 15 is 0 Å². The maximum absolute atomic E-state index is 12.4. The van der Waals surface area contributed by atoms with E-state index in [2.05, 4.69) is 52.9 Å². The normalized spacial score (nSPS) is 10.6. The van der Waals surface area contributed by atoms with Crippen LogP contribution in [0.25, 0.3) is 0 Å². The number of nitrogens with one attached hydrogen (secondary N) is 3. The van der Waals surface area contributed by atoms with E-state index in [1.165, 1.54) is 12.4 Å². The van der Waals surface area contributed by atoms with Crippen molar-refractivity contribution in [1.29, 1.82) is 0 Å². The van der Waals surface area contributed by atoms with Crippen LogP contribution in [0, 0.1) is 0 Å². The standard InChI is InChI=1S/C19H19Br2N5O5/c20-13-7-10(4-5-15(28)29)17(16(21)18(13)30)26-14(27)8-23-19(31)11-2-1-3-12(6-11)24-9-25-22/h1-3,6-7,9,30H,4-5,8,22H2,(H,23,31)(H,24,25)(H,26,27)(H,28,29). The fraction of sp³-hybridized carbons (Fsp3) is 0.158. The Morgan fingerprint density at radius 2 is 1.94 bits per heavy atom. The monoisotopic (exact) mass is 555 g/mol. The van der Waals surface area contributed by atoms with Gasteiger partial charge in [0.1, 0.15) is 12.1 Å². The molecule has 0 aromatic heterocycles. The molecule has 0 radical (unpaired) electrons. The fourth-order valence-electron chi connectivity index (χ4n) is 2.54. The largest absolute Gasteiger partial charge is 0.505 e. The molecule has 0 saturated carbocycles. The van der Waals surface area contributed by atoms with Gasteiger partial charge in [-0.2, -0.15) is 5.10 Å². The average molecular weight is 557 g/mol. The first-order chi connectivity index (χ1) is 14.7. The number of aliphatic carboxylic acids is 1. The van der Waals surface area contributed by atoms with E-state index in [0.717, 1.165) is 0 Å². The Kier molecular flexibility index (Phi) is 8.82. The van der Waals surface area contributed by atoms with Crippen molar-refractivity contribution < 1.29 is 24.6 Å². The zero-order chi connectivity index (χ0) is 23.0. The molecular weight excluding hydrogens is 538 g/mol. The molecule has 2 rings (SSSR count). The van der Waals surface area contributed by atoms with Gasteiger partial charge in [0.15, 0.2) is 0 Å². The molecule has 0 heterocycles. The first-order valence-electron chi connectivity index (χ1n) is 8.81. The summed E-state index contributed by atoms with van der Waals surface area (Å²) in [7, 11) is 0. The van der Waals surface area contributed by atoms with E-state index in [4.69, 9.17) is 10.9 Å². The van der Waals surface area contributed by atoms with Crippen LogP contribution in [0.4, 0.5) is 11.4 Å². The van der Waals surface area contributed by atoms with Gasteiger partial charge < -0.3 is 32.0 Å². The number of rotatable bonds is 9. The van der Waals surface area contributed by atoms with Gasteiger partial charge in [-0.25, -0.2) is 0 Å². The molecule has 0 atom stereocenters. The smallest absolute Gasteiger partial charge is 0.303 e. The summed E-state index contributed by atoms with van der Waals surface area (Å²) < 4.78 is 0.543. The van der Waals surface area contributed by atoms with Gasteiger partial charge in [0.2, 0.25) is 5.91 Å². The fourth-order valence-corrected chi connectivity index (χ4v) is 3.85. The number of anilines is 2. The van der Waals surface area contributed by atoms with Crippen molar-refractivity contribution in [3.05, 3.63) is 50.4 Å². The number of hydrogen-bond acceptors (Lipinski definition) is 6. The van der Waals surface area contributed by atoms with Crippen LogP contribution >= 0.6 is 31.9 Å². The Morgan fingerprint density at radius 1 is 1.19 bits per heavy atom. The molecule has 0 aliphatic carbocycles. The Morgan fingerprint density at radius 3 is 2.61 bits per heavy atom. The summed E-state index contributed by atoms with van der Waals surface area (Å²) in [6, 6.07) is 8.02. The van der Waals surface area contributed by atoms with Gasteiger partial charge in [-0.3, -0.25) is 14.4 Å². The topological polar surface area (TPSA) is 166 Å². The quantitative estimate of drug-likeness (QED) is 0.119. The van der Waals surface area contributed by atoms with Gasteiger partial charge in [0, 0.05) is 17.7 Å². The minimum atomic E-state index is -1.00. The van der Waals surface area contributed by atoms with Crippen molar-refractivity contribution in [2.75, 3.05) is 17.2 Å². The van der Waals surface area contributed by atoms with Crippen molar-refractivity contribution >= 4 is 67.4 Å². The number of hydrogen-bond donors (Lipinski definition) is 6. The summed E-state index contributed by atoms with van der Waals surface area (Å²) >= 11 is 6.39. The number of carbonyl (C=O) groups is 3. The van der Waals surface area contributed by atoms with E-state index in [1.807, 2.05) is 0 Å². The van der Waals surface area contributed by atoms with E-state index in [9.17, 15) is 19.5 Å². The first-order valence-corrected chi connectivity index (χ1v) is 10.4. The molecule has 0 bridgehead atoms. The molecular formula is C19H19Br2N5O5. The lowest BCUT2D eigenvalue weighted by atomic mass is 10.1. The number of carboxylic acid groups (broad SMARTS) is 1. The molecule has 12 heteroatoms. The second kappa shape index (κ2) is 11.3. The molecule has 10 nitrogen and oxygen atoms in total. The summed E-state index contributed by atoms with van der Waals surface area (Å²) in [6.07, 6.45) is 1.22. The number of carbonyl (C=O) groups excluding carboxylic acids is 2. The van der Waals surface area contributed by atoms with Crippen LogP contribution in [0.1, 0.15) is 22.3 Å². The van der Waals surface area contributed by atoms with Crippen LogP contribution < -0.4 is 21.8 Å². The number of nitrogens with zero attached hydrogens (tertiary/aromatic N) is 1. The maximum Gasteiger partial charge on any atom is 0.303 e. The molecule has 0 aliphatic rings. The van der Waals surface area contributed by atoms with Gasteiger partial charge in [0.05, 0.1) is 21.2 Å². The highest BCUT2D eigenvalue weighted by molar-refractivity contribution is 9.11. The Labute approximate surface area is 194 Å². The van der Waals surface area contributed by atoms with Crippen LogP contribution in [0.3, 0.4) is 0 Å². The summed E-state index contributed by atoms with van der Waals surface area (Å²) in [4.78, 5) is 35.6. The lowest BCUT2D eigenvalue weighted by Crippen LogP contribution is -2.33. The number of nitrogens with two attached hydrogens (primary N) is 1. The maximum atomic E-state index is 12.4. The lowest BCUT2D eigenvalue weighted by Gasteiger charge is -2.15. The molecule has 164 valence electrons. The second-order valence-corrected chi connectivity index (χ2v) is 7.83. The van der Waals surface area contributed by atoms with Gasteiger partial charge in [-0.1, -0.05) is 6.07 Å². The van der Waals surface area contributed by atoms with Crippen LogP contribution in [0.15, 0.2) is 44.4 Å². The first kappa shape index (κ1) is 24.2. The van der Waals surface area contributed by atoms with Crippen molar-refractivity contribution in [3.8, 4) is 5.75 Å². The zero-order valence-electron chi connectivity index (χ0n) is 16.0. The van der Waals surface area contributed by atoms with Crippen LogP contribution in [0.5, 0.6) is 5.75 Å². The lowest BCUT2D eigenvalue weighted by molar-refractivity contribution is -0.137.